The number of ketones is 1. The third-order valence-electron chi connectivity index (χ3n) is 5.95. The maximum atomic E-state index is 13.4. The summed E-state index contributed by atoms with van der Waals surface area (Å²) in [5, 5.41) is 11.7. The van der Waals surface area contributed by atoms with Crippen molar-refractivity contribution in [3.8, 4) is 11.5 Å². The predicted molar refractivity (Wildman–Crippen MR) is 140 cm³/mol. The molecule has 0 spiro atoms. The van der Waals surface area contributed by atoms with Gasteiger partial charge in [0.2, 0.25) is 0 Å². The lowest BCUT2D eigenvalue weighted by atomic mass is 9.95. The number of carbonyl (C=O) groups excluding carboxylic acids is 2. The monoisotopic (exact) mass is 500 g/mol. The van der Waals surface area contributed by atoms with Crippen molar-refractivity contribution in [2.24, 2.45) is 0 Å². The summed E-state index contributed by atoms with van der Waals surface area (Å²) < 4.78 is 11.7. The molecule has 0 bridgehead atoms. The van der Waals surface area contributed by atoms with Crippen molar-refractivity contribution in [3.05, 3.63) is 89.5 Å². The van der Waals surface area contributed by atoms with Gasteiger partial charge in [0.25, 0.3) is 5.78 Å². The second-order valence-electron chi connectivity index (χ2n) is 8.28. The van der Waals surface area contributed by atoms with E-state index in [1.54, 1.807) is 37.4 Å². The zero-order chi connectivity index (χ0) is 25.2. The van der Waals surface area contributed by atoms with Crippen molar-refractivity contribution in [2.75, 3.05) is 18.6 Å². The highest BCUT2D eigenvalue weighted by atomic mass is 32.1. The number of nitrogens with zero attached hydrogens (tertiary/aromatic N) is 2. The van der Waals surface area contributed by atoms with Crippen molar-refractivity contribution in [1.82, 2.24) is 4.98 Å². The molecule has 7 nitrogen and oxygen atoms in total. The van der Waals surface area contributed by atoms with Crippen LogP contribution in [0.2, 0.25) is 0 Å². The van der Waals surface area contributed by atoms with E-state index in [2.05, 4.69) is 4.98 Å². The summed E-state index contributed by atoms with van der Waals surface area (Å²) in [6.45, 7) is 2.60. The number of aromatic nitrogens is 1. The Morgan fingerprint density at radius 1 is 1.03 bits per heavy atom. The van der Waals surface area contributed by atoms with Crippen LogP contribution in [-0.4, -0.2) is 35.5 Å². The smallest absolute Gasteiger partial charge is 0.301 e. The minimum absolute atomic E-state index is 0.0188. The van der Waals surface area contributed by atoms with E-state index >= 15 is 0 Å². The Bertz CT molecular complexity index is 1460. The lowest BCUT2D eigenvalue weighted by Gasteiger charge is -2.22. The molecule has 0 radical (unpaired) electrons. The van der Waals surface area contributed by atoms with Crippen molar-refractivity contribution < 1.29 is 24.2 Å². The summed E-state index contributed by atoms with van der Waals surface area (Å²) in [6, 6.07) is 20.6. The average molecular weight is 501 g/mol. The van der Waals surface area contributed by atoms with Gasteiger partial charge in [-0.15, -0.1) is 0 Å². The van der Waals surface area contributed by atoms with Crippen LogP contribution in [-0.2, 0) is 9.59 Å². The van der Waals surface area contributed by atoms with Crippen LogP contribution in [0.4, 0.5) is 5.13 Å². The molecule has 0 aliphatic carbocycles. The first-order valence-corrected chi connectivity index (χ1v) is 12.4. The van der Waals surface area contributed by atoms with Crippen molar-refractivity contribution in [1.29, 1.82) is 0 Å². The molecule has 4 aromatic rings. The van der Waals surface area contributed by atoms with Crippen molar-refractivity contribution in [3.63, 3.8) is 0 Å². The number of hydrogen-bond acceptors (Lipinski definition) is 7. The van der Waals surface area contributed by atoms with Crippen LogP contribution in [0.25, 0.3) is 16.0 Å². The van der Waals surface area contributed by atoms with Crippen LogP contribution in [0.1, 0.15) is 30.5 Å². The van der Waals surface area contributed by atoms with E-state index in [4.69, 9.17) is 9.47 Å². The molecule has 1 saturated heterocycles. The van der Waals surface area contributed by atoms with Gasteiger partial charge in [0, 0.05) is 5.56 Å². The van der Waals surface area contributed by atoms with Crippen LogP contribution < -0.4 is 14.4 Å². The summed E-state index contributed by atoms with van der Waals surface area (Å²) in [7, 11) is 1.58. The molecule has 1 unspecified atom stereocenters. The molecule has 1 fully saturated rings. The second-order valence-corrected chi connectivity index (χ2v) is 9.29. The normalized spacial score (nSPS) is 17.1. The third kappa shape index (κ3) is 4.20. The Morgan fingerprint density at radius 2 is 1.75 bits per heavy atom. The Labute approximate surface area is 212 Å². The third-order valence-corrected chi connectivity index (χ3v) is 6.97. The fraction of sp³-hybridized carbons (Fsp3) is 0.179. The fourth-order valence-corrected chi connectivity index (χ4v) is 5.21. The lowest BCUT2D eigenvalue weighted by Crippen LogP contribution is -2.29. The average Bonchev–Trinajstić information content (AvgIpc) is 3.45. The second kappa shape index (κ2) is 9.83. The van der Waals surface area contributed by atoms with Crippen molar-refractivity contribution >= 4 is 44.1 Å². The number of rotatable bonds is 7. The number of hydrogen-bond donors (Lipinski definition) is 1. The first kappa shape index (κ1) is 23.6. The minimum atomic E-state index is -0.829. The van der Waals surface area contributed by atoms with E-state index in [1.807, 2.05) is 49.4 Å². The number of fused-ring (bicyclic) bond motifs is 1. The summed E-state index contributed by atoms with van der Waals surface area (Å²) in [5.41, 5.74) is 1.82. The van der Waals surface area contributed by atoms with Gasteiger partial charge in [0.05, 0.1) is 35.5 Å². The van der Waals surface area contributed by atoms with Gasteiger partial charge in [-0.05, 0) is 54.4 Å². The van der Waals surface area contributed by atoms with E-state index in [9.17, 15) is 14.7 Å². The SMILES string of the molecule is CCCOc1ccc(/C(O)=C2\C(=O)C(=O)N(c3nc4ccc(OC)cc4s3)C2c2ccccc2)cc1. The van der Waals surface area contributed by atoms with Gasteiger partial charge in [-0.25, -0.2) is 4.98 Å². The highest BCUT2D eigenvalue weighted by Crippen LogP contribution is 2.44. The molecular weight excluding hydrogens is 476 g/mol. The first-order chi connectivity index (χ1) is 17.5. The molecule has 1 aliphatic rings. The number of amides is 1. The topological polar surface area (TPSA) is 89.0 Å². The van der Waals surface area contributed by atoms with Gasteiger partial charge in [0.15, 0.2) is 5.13 Å². The van der Waals surface area contributed by atoms with Gasteiger partial charge in [-0.3, -0.25) is 14.5 Å². The van der Waals surface area contributed by atoms with Gasteiger partial charge >= 0.3 is 5.91 Å². The van der Waals surface area contributed by atoms with E-state index in [0.717, 1.165) is 11.1 Å². The molecule has 1 amide bonds. The maximum Gasteiger partial charge on any atom is 0.301 e. The number of aliphatic hydroxyl groups is 1. The number of methoxy groups -OCH3 is 1. The quantitative estimate of drug-likeness (QED) is 0.198. The van der Waals surface area contributed by atoms with Crippen LogP contribution in [0.15, 0.2) is 78.4 Å². The molecule has 36 heavy (non-hydrogen) atoms. The van der Waals surface area contributed by atoms with E-state index in [-0.39, 0.29) is 11.3 Å². The number of aliphatic hydroxyl groups excluding tert-OH is 1. The zero-order valence-electron chi connectivity index (χ0n) is 19.8. The Morgan fingerprint density at radius 3 is 2.44 bits per heavy atom. The lowest BCUT2D eigenvalue weighted by molar-refractivity contribution is -0.132. The first-order valence-electron chi connectivity index (χ1n) is 11.6. The van der Waals surface area contributed by atoms with E-state index in [0.29, 0.717) is 39.9 Å². The maximum absolute atomic E-state index is 13.4. The number of ether oxygens (including phenoxy) is 2. The zero-order valence-corrected chi connectivity index (χ0v) is 20.6. The number of Topliss-reactive ketones (excluding diaryl/α,β-unsaturated/α-hetero) is 1. The van der Waals surface area contributed by atoms with Gasteiger partial charge in [-0.2, -0.15) is 0 Å². The minimum Gasteiger partial charge on any atom is -0.507 e. The predicted octanol–water partition coefficient (Wildman–Crippen LogP) is 5.72. The summed E-state index contributed by atoms with van der Waals surface area (Å²) in [5.74, 6) is -0.401. The molecule has 8 heteroatoms. The largest absolute Gasteiger partial charge is 0.507 e. The van der Waals surface area contributed by atoms with Crippen LogP contribution in [0.3, 0.4) is 0 Å². The highest BCUT2D eigenvalue weighted by molar-refractivity contribution is 7.22. The standard InChI is InChI=1S/C28H24N2O5S/c1-3-15-35-19-11-9-18(10-12-19)25(31)23-24(17-7-5-4-6-8-17)30(27(33)26(23)32)28-29-21-14-13-20(34-2)16-22(21)36-28/h4-14,16,24,31H,3,15H2,1-2H3/b25-23+. The molecule has 0 saturated carbocycles. The molecule has 1 aliphatic heterocycles. The number of benzene rings is 3. The van der Waals surface area contributed by atoms with Crippen LogP contribution >= 0.6 is 11.3 Å². The van der Waals surface area contributed by atoms with E-state index < -0.39 is 17.7 Å². The Hall–Kier alpha value is -4.17. The number of carbonyl (C=O) groups is 2. The van der Waals surface area contributed by atoms with Crippen LogP contribution in [0.5, 0.6) is 11.5 Å². The molecule has 3 aromatic carbocycles. The van der Waals surface area contributed by atoms with Gasteiger partial charge in [-0.1, -0.05) is 48.6 Å². The summed E-state index contributed by atoms with van der Waals surface area (Å²) >= 11 is 1.29. The van der Waals surface area contributed by atoms with Gasteiger partial charge < -0.3 is 14.6 Å². The van der Waals surface area contributed by atoms with Crippen molar-refractivity contribution in [2.45, 2.75) is 19.4 Å². The molecule has 1 atom stereocenters. The Kier molecular flexibility index (Phi) is 6.43. The molecule has 5 rings (SSSR count). The molecule has 182 valence electrons. The molecule has 1 aromatic heterocycles. The highest BCUT2D eigenvalue weighted by Gasteiger charge is 2.48. The molecule has 2 heterocycles. The molecular formula is C28H24N2O5S. The Balaban J connectivity index is 1.63. The summed E-state index contributed by atoms with van der Waals surface area (Å²) in [6.07, 6.45) is 0.876. The van der Waals surface area contributed by atoms with E-state index in [1.165, 1.54) is 16.2 Å². The number of thiazole rings is 1. The molecule has 1 N–H and O–H groups in total. The van der Waals surface area contributed by atoms with Gasteiger partial charge in [0.1, 0.15) is 17.3 Å². The fourth-order valence-electron chi connectivity index (χ4n) is 4.19. The number of anilines is 1. The van der Waals surface area contributed by atoms with Crippen LogP contribution in [0, 0.1) is 0 Å². The summed E-state index contributed by atoms with van der Waals surface area (Å²) in [4.78, 5) is 32.7.